The first kappa shape index (κ1) is 26.7. The van der Waals surface area contributed by atoms with Gasteiger partial charge in [0.1, 0.15) is 30.3 Å². The minimum atomic E-state index is -0.856. The molecule has 1 unspecified atom stereocenters. The highest BCUT2D eigenvalue weighted by molar-refractivity contribution is 9.10. The largest absolute Gasteiger partial charge is 0.490 e. The molecule has 0 saturated carbocycles. The van der Waals surface area contributed by atoms with Crippen molar-refractivity contribution in [2.45, 2.75) is 17.9 Å². The van der Waals surface area contributed by atoms with Crippen molar-refractivity contribution in [3.63, 3.8) is 0 Å². The van der Waals surface area contributed by atoms with Gasteiger partial charge in [0, 0.05) is 10.2 Å². The third kappa shape index (κ3) is 7.14. The van der Waals surface area contributed by atoms with Gasteiger partial charge in [0.2, 0.25) is 5.16 Å². The van der Waals surface area contributed by atoms with Crippen LogP contribution in [0.5, 0.6) is 11.5 Å². The van der Waals surface area contributed by atoms with Crippen LogP contribution in [0, 0.1) is 0 Å². The van der Waals surface area contributed by atoms with Gasteiger partial charge >= 0.3 is 5.63 Å². The molecule has 5 rings (SSSR count). The van der Waals surface area contributed by atoms with Gasteiger partial charge in [0.15, 0.2) is 5.82 Å². The van der Waals surface area contributed by atoms with Crippen molar-refractivity contribution >= 4 is 44.9 Å². The van der Waals surface area contributed by atoms with Crippen LogP contribution in [-0.4, -0.2) is 44.7 Å². The first-order valence-electron chi connectivity index (χ1n) is 11.9. The van der Waals surface area contributed by atoms with E-state index in [0.29, 0.717) is 33.4 Å². The van der Waals surface area contributed by atoms with E-state index in [1.54, 1.807) is 29.1 Å². The second-order valence-corrected chi connectivity index (χ2v) is 10.2. The van der Waals surface area contributed by atoms with E-state index >= 15 is 0 Å². The normalized spacial score (nSPS) is 12.2. The number of ether oxygens (including phenoxy) is 2. The summed E-state index contributed by atoms with van der Waals surface area (Å²) in [6.07, 6.45) is 0.850. The SMILES string of the molecule is O=c1cc(OCC(O)CSc2nnc(COc3ccccc3)n2/N=C/c2ccc(Br)cc2)c2ccccc2o1. The molecule has 1 atom stereocenters. The van der Waals surface area contributed by atoms with Crippen LogP contribution in [0.4, 0.5) is 0 Å². The molecule has 9 nitrogen and oxygen atoms in total. The van der Waals surface area contributed by atoms with Gasteiger partial charge in [-0.15, -0.1) is 10.2 Å². The number of aliphatic hydroxyl groups is 1. The van der Waals surface area contributed by atoms with E-state index in [0.717, 1.165) is 10.0 Å². The maximum absolute atomic E-state index is 11.9. The van der Waals surface area contributed by atoms with Crippen molar-refractivity contribution in [1.82, 2.24) is 14.9 Å². The van der Waals surface area contributed by atoms with E-state index in [2.05, 4.69) is 31.2 Å². The van der Waals surface area contributed by atoms with Gasteiger partial charge in [-0.05, 0) is 42.0 Å². The lowest BCUT2D eigenvalue weighted by Crippen LogP contribution is -2.21. The Morgan fingerprint density at radius 3 is 2.62 bits per heavy atom. The van der Waals surface area contributed by atoms with E-state index in [1.165, 1.54) is 17.8 Å². The molecule has 39 heavy (non-hydrogen) atoms. The summed E-state index contributed by atoms with van der Waals surface area (Å²) >= 11 is 4.71. The fraction of sp³-hybridized carbons (Fsp3) is 0.143. The van der Waals surface area contributed by atoms with Crippen molar-refractivity contribution < 1.29 is 19.0 Å². The minimum absolute atomic E-state index is 0.0271. The number of hydrogen-bond acceptors (Lipinski definition) is 9. The Labute approximate surface area is 236 Å². The topological polar surface area (TPSA) is 112 Å². The molecule has 0 aliphatic heterocycles. The lowest BCUT2D eigenvalue weighted by Gasteiger charge is -2.13. The van der Waals surface area contributed by atoms with Gasteiger partial charge in [-0.2, -0.15) is 9.78 Å². The Morgan fingerprint density at radius 1 is 1.03 bits per heavy atom. The molecular weight excluding hydrogens is 584 g/mol. The van der Waals surface area contributed by atoms with Crippen LogP contribution >= 0.6 is 27.7 Å². The molecule has 3 aromatic carbocycles. The van der Waals surface area contributed by atoms with E-state index in [1.807, 2.05) is 60.7 Å². The van der Waals surface area contributed by atoms with Crippen molar-refractivity contribution in [3.05, 3.63) is 111 Å². The van der Waals surface area contributed by atoms with Gasteiger partial charge < -0.3 is 19.0 Å². The molecule has 0 aliphatic rings. The third-order valence-electron chi connectivity index (χ3n) is 5.43. The van der Waals surface area contributed by atoms with Gasteiger partial charge in [0.25, 0.3) is 0 Å². The van der Waals surface area contributed by atoms with E-state index in [9.17, 15) is 9.90 Å². The molecule has 198 valence electrons. The summed E-state index contributed by atoms with van der Waals surface area (Å²) in [4.78, 5) is 11.9. The summed E-state index contributed by atoms with van der Waals surface area (Å²) in [7, 11) is 0. The lowest BCUT2D eigenvalue weighted by atomic mass is 10.2. The maximum atomic E-state index is 11.9. The Hall–Kier alpha value is -3.93. The highest BCUT2D eigenvalue weighted by Gasteiger charge is 2.16. The first-order valence-corrected chi connectivity index (χ1v) is 13.7. The number of nitrogens with zero attached hydrogens (tertiary/aromatic N) is 4. The molecule has 0 spiro atoms. The van der Waals surface area contributed by atoms with Crippen LogP contribution in [0.25, 0.3) is 11.0 Å². The molecular formula is C28H23BrN4O5S. The molecule has 0 fully saturated rings. The predicted molar refractivity (Wildman–Crippen MR) is 153 cm³/mol. The number of aromatic nitrogens is 3. The zero-order valence-electron chi connectivity index (χ0n) is 20.5. The molecule has 11 heteroatoms. The quantitative estimate of drug-likeness (QED) is 0.125. The number of aliphatic hydroxyl groups excluding tert-OH is 1. The van der Waals surface area contributed by atoms with Crippen molar-refractivity contribution in [3.8, 4) is 11.5 Å². The number of rotatable bonds is 11. The van der Waals surface area contributed by atoms with E-state index < -0.39 is 11.7 Å². The van der Waals surface area contributed by atoms with Crippen LogP contribution in [0.1, 0.15) is 11.4 Å². The molecule has 0 bridgehead atoms. The summed E-state index contributed by atoms with van der Waals surface area (Å²) in [5.41, 5.74) is 0.797. The summed E-state index contributed by atoms with van der Waals surface area (Å²) < 4.78 is 19.4. The second-order valence-electron chi connectivity index (χ2n) is 8.31. The Bertz CT molecular complexity index is 1620. The van der Waals surface area contributed by atoms with Crippen molar-refractivity contribution in [1.29, 1.82) is 0 Å². The number of halogens is 1. The van der Waals surface area contributed by atoms with Gasteiger partial charge in [-0.1, -0.05) is 70.2 Å². The van der Waals surface area contributed by atoms with Crippen LogP contribution in [0.2, 0.25) is 0 Å². The predicted octanol–water partition coefficient (Wildman–Crippen LogP) is 5.14. The second kappa shape index (κ2) is 12.7. The Kier molecular flexibility index (Phi) is 8.71. The number of thioether (sulfide) groups is 1. The molecule has 2 heterocycles. The summed E-state index contributed by atoms with van der Waals surface area (Å²) in [6, 6.07) is 25.5. The first-order chi connectivity index (χ1) is 19.0. The summed E-state index contributed by atoms with van der Waals surface area (Å²) in [5, 5.41) is 24.9. The number of benzene rings is 3. The van der Waals surface area contributed by atoms with Crippen LogP contribution in [-0.2, 0) is 6.61 Å². The number of hydrogen-bond donors (Lipinski definition) is 1. The highest BCUT2D eigenvalue weighted by atomic mass is 79.9. The van der Waals surface area contributed by atoms with Gasteiger partial charge in [0.05, 0.1) is 23.8 Å². The molecule has 0 aliphatic carbocycles. The van der Waals surface area contributed by atoms with Crippen molar-refractivity contribution in [2.75, 3.05) is 12.4 Å². The van der Waals surface area contributed by atoms with Crippen LogP contribution < -0.4 is 15.1 Å². The van der Waals surface area contributed by atoms with E-state index in [-0.39, 0.29) is 19.0 Å². The van der Waals surface area contributed by atoms with Gasteiger partial charge in [-0.3, -0.25) is 0 Å². The van der Waals surface area contributed by atoms with Crippen LogP contribution in [0.3, 0.4) is 0 Å². The zero-order valence-corrected chi connectivity index (χ0v) is 22.9. The Morgan fingerprint density at radius 2 is 1.79 bits per heavy atom. The molecule has 2 aromatic heterocycles. The minimum Gasteiger partial charge on any atom is -0.490 e. The molecule has 5 aromatic rings. The van der Waals surface area contributed by atoms with Gasteiger partial charge in [-0.25, -0.2) is 4.79 Å². The molecule has 1 N–H and O–H groups in total. The third-order valence-corrected chi connectivity index (χ3v) is 7.02. The zero-order chi connectivity index (χ0) is 27.0. The number of fused-ring (bicyclic) bond motifs is 1. The fourth-order valence-electron chi connectivity index (χ4n) is 3.54. The Balaban J connectivity index is 1.28. The fourth-order valence-corrected chi connectivity index (χ4v) is 4.61. The molecule has 0 radical (unpaired) electrons. The van der Waals surface area contributed by atoms with Crippen molar-refractivity contribution in [2.24, 2.45) is 5.10 Å². The van der Waals surface area contributed by atoms with Crippen LogP contribution in [0.15, 0.2) is 109 Å². The molecule has 0 amide bonds. The summed E-state index contributed by atoms with van der Waals surface area (Å²) in [6.45, 7) is 0.130. The number of para-hydroxylation sites is 2. The lowest BCUT2D eigenvalue weighted by molar-refractivity contribution is 0.127. The average molecular weight is 607 g/mol. The highest BCUT2D eigenvalue weighted by Crippen LogP contribution is 2.24. The smallest absolute Gasteiger partial charge is 0.339 e. The standard InChI is InChI=1S/C28H23BrN4O5S/c29-20-12-10-19(11-13-20)15-30-33-26(17-36-22-6-2-1-3-7-22)31-32-28(33)39-18-21(34)16-37-25-14-27(35)38-24-9-5-4-8-23(24)25/h1-15,21,34H,16-18H2/b30-15+. The molecule has 0 saturated heterocycles. The summed E-state index contributed by atoms with van der Waals surface area (Å²) in [5.74, 6) is 1.81. The monoisotopic (exact) mass is 606 g/mol. The van der Waals surface area contributed by atoms with E-state index in [4.69, 9.17) is 13.9 Å². The maximum Gasteiger partial charge on any atom is 0.339 e. The average Bonchev–Trinajstić information content (AvgIpc) is 3.35.